The van der Waals surface area contributed by atoms with E-state index >= 15 is 0 Å². The van der Waals surface area contributed by atoms with Crippen LogP contribution in [0.5, 0.6) is 0 Å². The van der Waals surface area contributed by atoms with Crippen molar-refractivity contribution in [1.82, 2.24) is 0 Å². The van der Waals surface area contributed by atoms with Crippen molar-refractivity contribution < 1.29 is 58.2 Å². The van der Waals surface area contributed by atoms with E-state index in [2.05, 4.69) is 93.7 Å². The van der Waals surface area contributed by atoms with Crippen molar-refractivity contribution in [1.29, 1.82) is 0 Å². The average molecular weight is 1110 g/mol. The number of rotatable bonds is 52. The normalized spacial score (nSPS) is 18.5. The average Bonchev–Trinajstić information content (AvgIpc) is 3.43. The van der Waals surface area contributed by atoms with Crippen molar-refractivity contribution in [2.45, 2.75) is 289 Å². The molecule has 1 heterocycles. The van der Waals surface area contributed by atoms with Gasteiger partial charge in [-0.1, -0.05) is 253 Å². The Balaban J connectivity index is 2.72. The Kier molecular flexibility index (Phi) is 49.9. The highest BCUT2D eigenvalue weighted by molar-refractivity contribution is 5.74. The van der Waals surface area contributed by atoms with Crippen LogP contribution in [-0.2, 0) is 42.9 Å². The molecule has 0 radical (unpaired) electrons. The van der Waals surface area contributed by atoms with Crippen molar-refractivity contribution in [3.05, 3.63) is 97.2 Å². The van der Waals surface area contributed by atoms with Gasteiger partial charge in [0.2, 0.25) is 0 Å². The van der Waals surface area contributed by atoms with Crippen molar-refractivity contribution in [2.75, 3.05) is 13.2 Å². The van der Waals surface area contributed by atoms with Gasteiger partial charge in [-0.2, -0.15) is 0 Å². The SMILES string of the molecule is CC/C=C\C/C=C\C/C=C\C/C=C\C/C=C\CC(=O)OC1C(OCC(COC(=O)CCCCCCCCC/C=C\C/C=C\C/C=C\CC)OC(=O)CCCCCCCCCCCCCCCCCCC)OC(C(=O)O)C(O)C1O. The fraction of sp³-hybridized carbons (Fsp3) is 0.701. The van der Waals surface area contributed by atoms with E-state index in [-0.39, 0.29) is 25.9 Å². The molecule has 0 saturated carbocycles. The number of esters is 3. The number of unbranched alkanes of at least 4 members (excludes halogenated alkanes) is 23. The second-order valence-electron chi connectivity index (χ2n) is 21.0. The predicted octanol–water partition coefficient (Wildman–Crippen LogP) is 16.5. The van der Waals surface area contributed by atoms with Gasteiger partial charge in [0.05, 0.1) is 13.0 Å². The molecule has 12 heteroatoms. The summed E-state index contributed by atoms with van der Waals surface area (Å²) >= 11 is 0. The molecule has 1 saturated heterocycles. The number of hydrogen-bond donors (Lipinski definition) is 3. The summed E-state index contributed by atoms with van der Waals surface area (Å²) < 4.78 is 28.4. The van der Waals surface area contributed by atoms with Gasteiger partial charge in [0.15, 0.2) is 24.6 Å². The summed E-state index contributed by atoms with van der Waals surface area (Å²) in [6, 6.07) is 0. The van der Waals surface area contributed by atoms with E-state index in [1.54, 1.807) is 12.2 Å². The maximum atomic E-state index is 13.2. The van der Waals surface area contributed by atoms with E-state index in [4.69, 9.17) is 23.7 Å². The number of ether oxygens (including phenoxy) is 5. The van der Waals surface area contributed by atoms with Crippen LogP contribution in [0, 0.1) is 0 Å². The Bertz CT molecular complexity index is 1740. The van der Waals surface area contributed by atoms with Crippen LogP contribution in [0.15, 0.2) is 97.2 Å². The zero-order valence-corrected chi connectivity index (χ0v) is 49.6. The third-order valence-corrected chi connectivity index (χ3v) is 13.7. The maximum Gasteiger partial charge on any atom is 0.335 e. The van der Waals surface area contributed by atoms with Crippen LogP contribution in [-0.4, -0.2) is 89.2 Å². The van der Waals surface area contributed by atoms with Crippen LogP contribution in [0.2, 0.25) is 0 Å². The molecule has 79 heavy (non-hydrogen) atoms. The molecule has 0 spiro atoms. The molecule has 6 atom stereocenters. The van der Waals surface area contributed by atoms with Gasteiger partial charge in [-0.15, -0.1) is 0 Å². The molecule has 6 unspecified atom stereocenters. The van der Waals surface area contributed by atoms with E-state index in [0.717, 1.165) is 103 Å². The summed E-state index contributed by atoms with van der Waals surface area (Å²) in [4.78, 5) is 51.2. The number of carboxylic acid groups (broad SMARTS) is 1. The van der Waals surface area contributed by atoms with Crippen LogP contribution in [0.25, 0.3) is 0 Å². The largest absolute Gasteiger partial charge is 0.479 e. The second-order valence-corrected chi connectivity index (χ2v) is 21.0. The predicted molar refractivity (Wildman–Crippen MR) is 321 cm³/mol. The molecule has 0 aromatic carbocycles. The number of allylic oxidation sites excluding steroid dienone is 15. The standard InChI is InChI=1S/C67H110O12/c1-4-7-10-13-16-19-22-25-28-30-33-35-38-41-44-47-50-53-59(68)75-56-58(77-60(69)54-51-48-45-42-39-37-34-31-29-26-23-20-17-14-11-8-5-2)57-76-67-65(63(72)62(71)64(79-67)66(73)74)78-61(70)55-52-49-46-43-40-36-32-27-24-21-18-15-12-9-6-3/h7,9-10,12,16,18-19,21,25,27-28,32,40,43,49,52,58,62-65,67,71-72H,4-6,8,11,13-15,17,20,22-24,26,29-31,33-39,41-42,44-48,50-51,53-57H2,1-3H3,(H,73,74)/b10-7-,12-9-,19-16-,21-18-,28-25-,32-27-,43-40-,52-49-. The molecule has 1 fully saturated rings. The number of aliphatic hydroxyl groups is 2. The highest BCUT2D eigenvalue weighted by Crippen LogP contribution is 2.26. The van der Waals surface area contributed by atoms with Gasteiger partial charge in [-0.3, -0.25) is 14.4 Å². The number of hydrogen-bond acceptors (Lipinski definition) is 11. The van der Waals surface area contributed by atoms with Crippen molar-refractivity contribution in [3.63, 3.8) is 0 Å². The van der Waals surface area contributed by atoms with Gasteiger partial charge in [0, 0.05) is 12.8 Å². The number of carboxylic acids is 1. The lowest BCUT2D eigenvalue weighted by molar-refractivity contribution is -0.301. The summed E-state index contributed by atoms with van der Waals surface area (Å²) in [5.74, 6) is -3.29. The lowest BCUT2D eigenvalue weighted by Gasteiger charge is -2.40. The van der Waals surface area contributed by atoms with E-state index < -0.39 is 67.3 Å². The monoisotopic (exact) mass is 1110 g/mol. The third-order valence-electron chi connectivity index (χ3n) is 13.7. The molecule has 1 aliphatic rings. The van der Waals surface area contributed by atoms with Gasteiger partial charge in [0.1, 0.15) is 18.8 Å². The molecule has 1 rings (SSSR count). The van der Waals surface area contributed by atoms with Gasteiger partial charge < -0.3 is 39.0 Å². The zero-order valence-electron chi connectivity index (χ0n) is 49.6. The Hall–Kier alpha value is -4.36. The van der Waals surface area contributed by atoms with Crippen LogP contribution in [0.3, 0.4) is 0 Å². The molecule has 0 aliphatic carbocycles. The van der Waals surface area contributed by atoms with Crippen LogP contribution < -0.4 is 0 Å². The van der Waals surface area contributed by atoms with Gasteiger partial charge in [-0.05, 0) is 77.0 Å². The van der Waals surface area contributed by atoms with E-state index in [1.807, 2.05) is 12.2 Å². The fourth-order valence-electron chi connectivity index (χ4n) is 8.99. The van der Waals surface area contributed by atoms with Crippen molar-refractivity contribution in [3.8, 4) is 0 Å². The Morgan fingerprint density at radius 3 is 1.28 bits per heavy atom. The Morgan fingerprint density at radius 2 is 0.835 bits per heavy atom. The topological polar surface area (TPSA) is 175 Å². The van der Waals surface area contributed by atoms with E-state index in [0.29, 0.717) is 19.3 Å². The molecule has 0 aromatic heterocycles. The number of aliphatic carboxylic acids is 1. The lowest BCUT2D eigenvalue weighted by atomic mass is 9.98. The highest BCUT2D eigenvalue weighted by Gasteiger charge is 2.50. The number of aliphatic hydroxyl groups excluding tert-OH is 2. The minimum atomic E-state index is -1.94. The van der Waals surface area contributed by atoms with Crippen molar-refractivity contribution in [2.24, 2.45) is 0 Å². The molecule has 450 valence electrons. The second kappa shape index (κ2) is 54.2. The summed E-state index contributed by atoms with van der Waals surface area (Å²) in [7, 11) is 0. The molecular weight excluding hydrogens is 997 g/mol. The maximum absolute atomic E-state index is 13.2. The van der Waals surface area contributed by atoms with Gasteiger partial charge in [0.25, 0.3) is 0 Å². The molecule has 0 amide bonds. The van der Waals surface area contributed by atoms with Crippen LogP contribution >= 0.6 is 0 Å². The summed E-state index contributed by atoms with van der Waals surface area (Å²) in [5.41, 5.74) is 0. The third kappa shape index (κ3) is 44.0. The van der Waals surface area contributed by atoms with Gasteiger partial charge >= 0.3 is 23.9 Å². The fourth-order valence-corrected chi connectivity index (χ4v) is 8.99. The highest BCUT2D eigenvalue weighted by atomic mass is 16.7. The summed E-state index contributed by atoms with van der Waals surface area (Å²) in [5, 5.41) is 31.5. The minimum absolute atomic E-state index is 0.150. The van der Waals surface area contributed by atoms with E-state index in [1.165, 1.54) is 89.9 Å². The Morgan fingerprint density at radius 1 is 0.443 bits per heavy atom. The molecule has 12 nitrogen and oxygen atoms in total. The molecule has 0 bridgehead atoms. The lowest BCUT2D eigenvalue weighted by Crippen LogP contribution is -2.61. The number of carbonyl (C=O) groups excluding carboxylic acids is 3. The van der Waals surface area contributed by atoms with Crippen LogP contribution in [0.4, 0.5) is 0 Å². The first kappa shape index (κ1) is 72.7. The quantitative estimate of drug-likeness (QED) is 0.0228. The molecule has 1 aliphatic heterocycles. The zero-order chi connectivity index (χ0) is 57.5. The van der Waals surface area contributed by atoms with Crippen molar-refractivity contribution >= 4 is 23.9 Å². The first-order chi connectivity index (χ1) is 38.6. The summed E-state index contributed by atoms with van der Waals surface area (Å²) in [6.45, 7) is 5.74. The van der Waals surface area contributed by atoms with E-state index in [9.17, 15) is 34.5 Å². The molecular formula is C67H110O12. The summed E-state index contributed by atoms with van der Waals surface area (Å²) in [6.07, 6.45) is 59.7. The minimum Gasteiger partial charge on any atom is -0.479 e. The molecule has 3 N–H and O–H groups in total. The first-order valence-corrected chi connectivity index (χ1v) is 31.2. The van der Waals surface area contributed by atoms with Gasteiger partial charge in [-0.25, -0.2) is 4.79 Å². The Labute approximate surface area is 479 Å². The number of carbonyl (C=O) groups is 4. The first-order valence-electron chi connectivity index (χ1n) is 31.2. The van der Waals surface area contributed by atoms with Crippen LogP contribution in [0.1, 0.15) is 252 Å². The molecule has 0 aromatic rings. The smallest absolute Gasteiger partial charge is 0.335 e.